The average molecular weight is 267 g/mol. The monoisotopic (exact) mass is 266 g/mol. The lowest BCUT2D eigenvalue weighted by molar-refractivity contribution is 0.475. The molecular weight excluding hydrogens is 259 g/mol. The van der Waals surface area contributed by atoms with E-state index in [0.29, 0.717) is 5.56 Å². The van der Waals surface area contributed by atoms with Crippen molar-refractivity contribution in [2.75, 3.05) is 0 Å². The van der Waals surface area contributed by atoms with Crippen LogP contribution in [0, 0.1) is 5.82 Å². The van der Waals surface area contributed by atoms with Gasteiger partial charge in [0.15, 0.2) is 0 Å². The van der Waals surface area contributed by atoms with Gasteiger partial charge in [-0.2, -0.15) is 0 Å². The van der Waals surface area contributed by atoms with Gasteiger partial charge in [0.2, 0.25) is 0 Å². The number of phenols is 1. The van der Waals surface area contributed by atoms with Gasteiger partial charge in [-0.3, -0.25) is 0 Å². The van der Waals surface area contributed by atoms with Crippen LogP contribution in [0.2, 0.25) is 0 Å². The molecule has 2 rings (SSSR count). The third-order valence-corrected chi connectivity index (χ3v) is 2.81. The van der Waals surface area contributed by atoms with Gasteiger partial charge in [-0.25, -0.2) is 4.39 Å². The summed E-state index contributed by atoms with van der Waals surface area (Å²) in [5, 5.41) is 9.63. The second-order valence-electron chi connectivity index (χ2n) is 3.14. The van der Waals surface area contributed by atoms with Crippen LogP contribution >= 0.6 is 15.9 Å². The highest BCUT2D eigenvalue weighted by atomic mass is 79.9. The number of hydrogen-bond donors (Lipinski definition) is 1. The summed E-state index contributed by atoms with van der Waals surface area (Å²) in [6.45, 7) is 0. The molecule has 0 unspecified atom stereocenters. The van der Waals surface area contributed by atoms with Crippen LogP contribution in [0.25, 0.3) is 11.1 Å². The molecule has 0 saturated heterocycles. The van der Waals surface area contributed by atoms with Gasteiger partial charge in [-0.05, 0) is 29.8 Å². The molecule has 0 aliphatic heterocycles. The fraction of sp³-hybridized carbons (Fsp3) is 0. The van der Waals surface area contributed by atoms with Gasteiger partial charge in [0.25, 0.3) is 0 Å². The Morgan fingerprint density at radius 3 is 2.47 bits per heavy atom. The smallest absolute Gasteiger partial charge is 0.124 e. The molecular formula is C12H8BrFO. The van der Waals surface area contributed by atoms with Crippen LogP contribution < -0.4 is 0 Å². The highest BCUT2D eigenvalue weighted by molar-refractivity contribution is 9.10. The highest BCUT2D eigenvalue weighted by Crippen LogP contribution is 2.34. The standard InChI is InChI=1S/C12H8BrFO/c13-11-4-2-1-3-9(11)10-7-8(14)5-6-12(10)15/h1-7,15H. The van der Waals surface area contributed by atoms with Gasteiger partial charge in [0.1, 0.15) is 11.6 Å². The number of halogens is 2. The quantitative estimate of drug-likeness (QED) is 0.829. The van der Waals surface area contributed by atoms with Crippen LogP contribution in [0.1, 0.15) is 0 Å². The minimum absolute atomic E-state index is 0.0725. The summed E-state index contributed by atoms with van der Waals surface area (Å²) in [4.78, 5) is 0. The van der Waals surface area contributed by atoms with Crippen LogP contribution in [0.5, 0.6) is 5.75 Å². The number of hydrogen-bond acceptors (Lipinski definition) is 1. The summed E-state index contributed by atoms with van der Waals surface area (Å²) < 4.78 is 13.9. The maximum absolute atomic E-state index is 13.0. The molecule has 3 heteroatoms. The summed E-state index contributed by atoms with van der Waals surface area (Å²) in [7, 11) is 0. The predicted octanol–water partition coefficient (Wildman–Crippen LogP) is 3.96. The van der Waals surface area contributed by atoms with Crippen LogP contribution in [0.15, 0.2) is 46.9 Å². The predicted molar refractivity (Wildman–Crippen MR) is 61.2 cm³/mol. The minimum atomic E-state index is -0.362. The van der Waals surface area contributed by atoms with E-state index in [2.05, 4.69) is 15.9 Å². The van der Waals surface area contributed by atoms with Crippen molar-refractivity contribution in [2.45, 2.75) is 0 Å². The molecule has 2 aromatic rings. The van der Waals surface area contributed by atoms with Crippen LogP contribution in [-0.4, -0.2) is 5.11 Å². The second-order valence-corrected chi connectivity index (χ2v) is 4.00. The number of benzene rings is 2. The summed E-state index contributed by atoms with van der Waals surface area (Å²) in [6, 6.07) is 11.3. The SMILES string of the molecule is Oc1ccc(F)cc1-c1ccccc1Br. The molecule has 0 aliphatic carbocycles. The van der Waals surface area contributed by atoms with E-state index in [1.807, 2.05) is 24.3 Å². The molecule has 2 aromatic carbocycles. The first kappa shape index (κ1) is 10.2. The lowest BCUT2D eigenvalue weighted by Crippen LogP contribution is -1.82. The molecule has 0 aromatic heterocycles. The second kappa shape index (κ2) is 4.03. The molecule has 1 N–H and O–H groups in total. The first-order valence-electron chi connectivity index (χ1n) is 4.42. The topological polar surface area (TPSA) is 20.2 Å². The summed E-state index contributed by atoms with van der Waals surface area (Å²) in [6.07, 6.45) is 0. The van der Waals surface area contributed by atoms with E-state index in [1.165, 1.54) is 18.2 Å². The molecule has 0 heterocycles. The van der Waals surface area contributed by atoms with Crippen LogP contribution in [0.3, 0.4) is 0 Å². The molecule has 0 spiro atoms. The Morgan fingerprint density at radius 2 is 1.73 bits per heavy atom. The molecule has 0 bridgehead atoms. The Kier molecular flexibility index (Phi) is 2.73. The lowest BCUT2D eigenvalue weighted by atomic mass is 10.0. The van der Waals surface area contributed by atoms with E-state index < -0.39 is 0 Å². The first-order chi connectivity index (χ1) is 7.18. The summed E-state index contributed by atoms with van der Waals surface area (Å²) in [5.41, 5.74) is 1.26. The molecule has 0 radical (unpaired) electrons. The van der Waals surface area contributed by atoms with Gasteiger partial charge >= 0.3 is 0 Å². The van der Waals surface area contributed by atoms with Gasteiger partial charge in [0, 0.05) is 10.0 Å². The van der Waals surface area contributed by atoms with E-state index >= 15 is 0 Å². The van der Waals surface area contributed by atoms with Crippen LogP contribution in [0.4, 0.5) is 4.39 Å². The van der Waals surface area contributed by atoms with E-state index in [-0.39, 0.29) is 11.6 Å². The zero-order valence-corrected chi connectivity index (χ0v) is 9.33. The van der Waals surface area contributed by atoms with E-state index in [9.17, 15) is 9.50 Å². The fourth-order valence-electron chi connectivity index (χ4n) is 1.40. The van der Waals surface area contributed by atoms with E-state index in [1.54, 1.807) is 0 Å². The summed E-state index contributed by atoms with van der Waals surface area (Å²) in [5.74, 6) is -0.290. The van der Waals surface area contributed by atoms with Gasteiger partial charge in [-0.15, -0.1) is 0 Å². The van der Waals surface area contributed by atoms with Crippen molar-refractivity contribution >= 4 is 15.9 Å². The molecule has 0 aliphatic rings. The fourth-order valence-corrected chi connectivity index (χ4v) is 1.90. The Bertz CT molecular complexity index is 497. The van der Waals surface area contributed by atoms with Crippen molar-refractivity contribution in [1.82, 2.24) is 0 Å². The number of aromatic hydroxyl groups is 1. The van der Waals surface area contributed by atoms with Crippen molar-refractivity contribution in [3.05, 3.63) is 52.8 Å². The largest absolute Gasteiger partial charge is 0.507 e. The van der Waals surface area contributed by atoms with E-state index in [4.69, 9.17) is 0 Å². The van der Waals surface area contributed by atoms with Gasteiger partial charge in [0.05, 0.1) is 0 Å². The van der Waals surface area contributed by atoms with Crippen molar-refractivity contribution in [3.63, 3.8) is 0 Å². The maximum atomic E-state index is 13.0. The minimum Gasteiger partial charge on any atom is -0.507 e. The van der Waals surface area contributed by atoms with Crippen LogP contribution in [-0.2, 0) is 0 Å². The zero-order valence-electron chi connectivity index (χ0n) is 7.74. The van der Waals surface area contributed by atoms with Crippen molar-refractivity contribution < 1.29 is 9.50 Å². The highest BCUT2D eigenvalue weighted by Gasteiger charge is 2.08. The zero-order chi connectivity index (χ0) is 10.8. The molecule has 76 valence electrons. The molecule has 0 atom stereocenters. The third kappa shape index (κ3) is 2.02. The third-order valence-electron chi connectivity index (χ3n) is 2.12. The van der Waals surface area contributed by atoms with Crippen molar-refractivity contribution in [1.29, 1.82) is 0 Å². The molecule has 0 saturated carbocycles. The number of rotatable bonds is 1. The number of phenolic OH excluding ortho intramolecular Hbond substituents is 1. The van der Waals surface area contributed by atoms with Crippen molar-refractivity contribution in [3.8, 4) is 16.9 Å². The lowest BCUT2D eigenvalue weighted by Gasteiger charge is -2.06. The molecule has 0 fully saturated rings. The molecule has 1 nitrogen and oxygen atoms in total. The molecule has 0 amide bonds. The normalized spacial score (nSPS) is 10.3. The van der Waals surface area contributed by atoms with Gasteiger partial charge in [-0.1, -0.05) is 34.1 Å². The Morgan fingerprint density at radius 1 is 1.00 bits per heavy atom. The maximum Gasteiger partial charge on any atom is 0.124 e. The average Bonchev–Trinajstić information content (AvgIpc) is 2.23. The van der Waals surface area contributed by atoms with E-state index in [0.717, 1.165) is 10.0 Å². The van der Waals surface area contributed by atoms with Crippen molar-refractivity contribution in [2.24, 2.45) is 0 Å². The Hall–Kier alpha value is -1.35. The Labute approximate surface area is 95.3 Å². The Balaban J connectivity index is 2.64. The summed E-state index contributed by atoms with van der Waals surface area (Å²) >= 11 is 3.36. The van der Waals surface area contributed by atoms with Gasteiger partial charge < -0.3 is 5.11 Å². The molecule has 15 heavy (non-hydrogen) atoms. The first-order valence-corrected chi connectivity index (χ1v) is 5.21.